The van der Waals surface area contributed by atoms with E-state index in [1.165, 1.54) is 0 Å². The van der Waals surface area contributed by atoms with Crippen LogP contribution in [-0.4, -0.2) is 30.4 Å². The molecule has 116 valence electrons. The lowest BCUT2D eigenvalue weighted by atomic mass is 10.1. The van der Waals surface area contributed by atoms with Crippen LogP contribution in [0.15, 0.2) is 36.1 Å². The van der Waals surface area contributed by atoms with Crippen molar-refractivity contribution < 1.29 is 19.4 Å². The van der Waals surface area contributed by atoms with Crippen LogP contribution < -0.4 is 0 Å². The molecule has 1 unspecified atom stereocenters. The molecule has 0 saturated heterocycles. The molecule has 4 heteroatoms. The second-order valence-electron chi connectivity index (χ2n) is 4.69. The first-order valence-electron chi connectivity index (χ1n) is 7.42. The highest BCUT2D eigenvalue weighted by Crippen LogP contribution is 2.11. The summed E-state index contributed by atoms with van der Waals surface area (Å²) in [7, 11) is 0. The fraction of sp³-hybridized carbons (Fsp3) is 0.471. The third-order valence-electron chi connectivity index (χ3n) is 2.98. The molecule has 0 aliphatic rings. The van der Waals surface area contributed by atoms with Crippen LogP contribution in [0.5, 0.6) is 0 Å². The van der Waals surface area contributed by atoms with Gasteiger partial charge in [0.15, 0.2) is 0 Å². The molecule has 1 rings (SSSR count). The second-order valence-corrected chi connectivity index (χ2v) is 4.69. The lowest BCUT2D eigenvalue weighted by Gasteiger charge is -2.11. The van der Waals surface area contributed by atoms with Crippen molar-refractivity contribution in [1.29, 1.82) is 0 Å². The topological polar surface area (TPSA) is 55.8 Å². The third-order valence-corrected chi connectivity index (χ3v) is 2.98. The number of ether oxygens (including phenoxy) is 2. The molecule has 0 heterocycles. The van der Waals surface area contributed by atoms with Gasteiger partial charge in [-0.1, -0.05) is 37.3 Å². The average molecular weight is 292 g/mol. The van der Waals surface area contributed by atoms with Crippen LogP contribution in [0.25, 0.3) is 6.08 Å². The predicted molar refractivity (Wildman–Crippen MR) is 82.5 cm³/mol. The van der Waals surface area contributed by atoms with E-state index in [0.29, 0.717) is 26.1 Å². The maximum Gasteiger partial charge on any atom is 0.373 e. The summed E-state index contributed by atoms with van der Waals surface area (Å²) < 4.78 is 10.5. The first-order chi connectivity index (χ1) is 10.2. The minimum Gasteiger partial charge on any atom is -0.487 e. The number of hydrogen-bond donors (Lipinski definition) is 1. The van der Waals surface area contributed by atoms with Gasteiger partial charge in [0.1, 0.15) is 0 Å². The predicted octanol–water partition coefficient (Wildman–Crippen LogP) is 3.16. The highest BCUT2D eigenvalue weighted by atomic mass is 16.6. The largest absolute Gasteiger partial charge is 0.487 e. The van der Waals surface area contributed by atoms with Crippen molar-refractivity contribution in [3.8, 4) is 0 Å². The van der Waals surface area contributed by atoms with E-state index in [4.69, 9.17) is 9.47 Å². The van der Waals surface area contributed by atoms with Gasteiger partial charge in [0.05, 0.1) is 19.3 Å². The zero-order valence-corrected chi connectivity index (χ0v) is 12.7. The van der Waals surface area contributed by atoms with Gasteiger partial charge >= 0.3 is 5.97 Å². The Hall–Kier alpha value is -1.81. The fourth-order valence-electron chi connectivity index (χ4n) is 1.77. The molecule has 1 aromatic rings. The number of hydrogen-bond acceptors (Lipinski definition) is 4. The van der Waals surface area contributed by atoms with Gasteiger partial charge < -0.3 is 14.6 Å². The van der Waals surface area contributed by atoms with E-state index in [2.05, 4.69) is 0 Å². The molecule has 0 saturated carbocycles. The standard InChI is InChI=1S/C17H24O4/c1-3-15(18)11-8-12-21-16(17(19)20-4-2)13-14-9-6-5-7-10-14/h5-7,9-10,13,15,18H,3-4,8,11-12H2,1-2H3. The lowest BCUT2D eigenvalue weighted by Crippen LogP contribution is -2.12. The molecule has 0 bridgehead atoms. The normalized spacial score (nSPS) is 12.8. The van der Waals surface area contributed by atoms with Gasteiger partial charge in [0.2, 0.25) is 5.76 Å². The van der Waals surface area contributed by atoms with Crippen molar-refractivity contribution >= 4 is 12.0 Å². The zero-order chi connectivity index (χ0) is 15.5. The van der Waals surface area contributed by atoms with Crippen LogP contribution in [0.3, 0.4) is 0 Å². The highest BCUT2D eigenvalue weighted by molar-refractivity contribution is 5.91. The molecule has 0 amide bonds. The van der Waals surface area contributed by atoms with Crippen LogP contribution in [0, 0.1) is 0 Å². The highest BCUT2D eigenvalue weighted by Gasteiger charge is 2.12. The maximum absolute atomic E-state index is 11.9. The summed E-state index contributed by atoms with van der Waals surface area (Å²) in [5.74, 6) is -0.258. The van der Waals surface area contributed by atoms with Gasteiger partial charge in [-0.2, -0.15) is 0 Å². The Morgan fingerprint density at radius 1 is 1.24 bits per heavy atom. The molecule has 1 atom stereocenters. The van der Waals surface area contributed by atoms with Gasteiger partial charge in [-0.15, -0.1) is 0 Å². The third kappa shape index (κ3) is 6.95. The van der Waals surface area contributed by atoms with Crippen molar-refractivity contribution in [2.24, 2.45) is 0 Å². The van der Waals surface area contributed by atoms with Crippen molar-refractivity contribution in [3.05, 3.63) is 41.7 Å². The first kappa shape index (κ1) is 17.2. The Morgan fingerprint density at radius 2 is 1.95 bits per heavy atom. The molecule has 1 aromatic carbocycles. The molecule has 0 fully saturated rings. The molecule has 21 heavy (non-hydrogen) atoms. The first-order valence-corrected chi connectivity index (χ1v) is 7.42. The van der Waals surface area contributed by atoms with E-state index in [-0.39, 0.29) is 11.9 Å². The molecule has 0 spiro atoms. The lowest BCUT2D eigenvalue weighted by molar-refractivity contribution is -0.142. The van der Waals surface area contributed by atoms with E-state index < -0.39 is 5.97 Å². The van der Waals surface area contributed by atoms with Crippen LogP contribution in [0.1, 0.15) is 38.7 Å². The van der Waals surface area contributed by atoms with Crippen LogP contribution in [0.2, 0.25) is 0 Å². The SMILES string of the molecule is CCOC(=O)C(=Cc1ccccc1)OCCCC(O)CC. The molecular formula is C17H24O4. The van der Waals surface area contributed by atoms with Crippen LogP contribution >= 0.6 is 0 Å². The average Bonchev–Trinajstić information content (AvgIpc) is 2.51. The van der Waals surface area contributed by atoms with E-state index in [1.54, 1.807) is 13.0 Å². The molecular weight excluding hydrogens is 268 g/mol. The van der Waals surface area contributed by atoms with E-state index in [9.17, 15) is 9.90 Å². The zero-order valence-electron chi connectivity index (χ0n) is 12.7. The molecule has 0 radical (unpaired) electrons. The minimum absolute atomic E-state index is 0.203. The number of aliphatic hydroxyl groups is 1. The van der Waals surface area contributed by atoms with Crippen molar-refractivity contribution in [1.82, 2.24) is 0 Å². The Labute approximate surface area is 126 Å². The molecule has 0 aliphatic carbocycles. The van der Waals surface area contributed by atoms with Crippen molar-refractivity contribution in [2.45, 2.75) is 39.2 Å². The van der Waals surface area contributed by atoms with Crippen molar-refractivity contribution in [2.75, 3.05) is 13.2 Å². The summed E-state index contributed by atoms with van der Waals surface area (Å²) in [5, 5.41) is 9.49. The van der Waals surface area contributed by atoms with Crippen molar-refractivity contribution in [3.63, 3.8) is 0 Å². The minimum atomic E-state index is -0.461. The summed E-state index contributed by atoms with van der Waals surface area (Å²) in [6, 6.07) is 9.49. The monoisotopic (exact) mass is 292 g/mol. The number of carbonyl (C=O) groups excluding carboxylic acids is 1. The van der Waals surface area contributed by atoms with E-state index in [1.807, 2.05) is 37.3 Å². The second kappa shape index (κ2) is 10.00. The van der Waals surface area contributed by atoms with Crippen LogP contribution in [0.4, 0.5) is 0 Å². The number of carbonyl (C=O) groups is 1. The molecule has 0 aromatic heterocycles. The molecule has 0 aliphatic heterocycles. The Balaban J connectivity index is 2.61. The smallest absolute Gasteiger partial charge is 0.373 e. The van der Waals surface area contributed by atoms with Gasteiger partial charge in [0.25, 0.3) is 0 Å². The molecule has 1 N–H and O–H groups in total. The quantitative estimate of drug-likeness (QED) is 0.329. The summed E-state index contributed by atoms with van der Waals surface area (Å²) in [4.78, 5) is 11.9. The van der Waals surface area contributed by atoms with Crippen LogP contribution in [-0.2, 0) is 14.3 Å². The summed E-state index contributed by atoms with van der Waals surface area (Å²) in [5.41, 5.74) is 0.883. The number of esters is 1. The Morgan fingerprint density at radius 3 is 2.57 bits per heavy atom. The number of benzene rings is 1. The number of rotatable bonds is 9. The Bertz CT molecular complexity index is 439. The summed E-state index contributed by atoms with van der Waals surface area (Å²) in [6.45, 7) is 4.39. The summed E-state index contributed by atoms with van der Waals surface area (Å²) >= 11 is 0. The maximum atomic E-state index is 11.9. The number of aliphatic hydroxyl groups excluding tert-OH is 1. The summed E-state index contributed by atoms with van der Waals surface area (Å²) in [6.07, 6.45) is 3.45. The van der Waals surface area contributed by atoms with Gasteiger partial charge in [-0.3, -0.25) is 0 Å². The Kier molecular flexibility index (Phi) is 8.21. The van der Waals surface area contributed by atoms with Gasteiger partial charge in [-0.25, -0.2) is 4.79 Å². The van der Waals surface area contributed by atoms with E-state index in [0.717, 1.165) is 12.0 Å². The van der Waals surface area contributed by atoms with Gasteiger partial charge in [-0.05, 0) is 37.8 Å². The van der Waals surface area contributed by atoms with E-state index >= 15 is 0 Å². The molecule has 4 nitrogen and oxygen atoms in total. The fourth-order valence-corrected chi connectivity index (χ4v) is 1.77. The van der Waals surface area contributed by atoms with Gasteiger partial charge in [0, 0.05) is 0 Å².